The molecule has 0 fully saturated rings. The van der Waals surface area contributed by atoms with Gasteiger partial charge in [-0.3, -0.25) is 0 Å². The Labute approximate surface area is 140 Å². The molecule has 132 valence electrons. The highest BCUT2D eigenvalue weighted by Gasteiger charge is 2.07. The summed E-state index contributed by atoms with van der Waals surface area (Å²) in [6, 6.07) is 0. The maximum absolute atomic E-state index is 5.64. The molecular weight excluding hydrogens is 268 g/mol. The van der Waals surface area contributed by atoms with Gasteiger partial charge in [-0.05, 0) is 25.7 Å². The van der Waals surface area contributed by atoms with Crippen molar-refractivity contribution in [3.05, 3.63) is 12.8 Å². The van der Waals surface area contributed by atoms with Gasteiger partial charge in [-0.15, -0.1) is 0 Å². The highest BCUT2D eigenvalue weighted by molar-refractivity contribution is 4.63. The second kappa shape index (κ2) is 18.6. The van der Waals surface area contributed by atoms with Gasteiger partial charge in [-0.2, -0.15) is 0 Å². The summed E-state index contributed by atoms with van der Waals surface area (Å²) in [5.74, 6) is 0. The van der Waals surface area contributed by atoms with E-state index in [1.165, 1.54) is 103 Å². The third-order valence-corrected chi connectivity index (χ3v) is 4.55. The monoisotopic (exact) mass is 310 g/mol. The fourth-order valence-electron chi connectivity index (χ4n) is 3.07. The first-order chi connectivity index (χ1) is 10.8. The minimum Gasteiger partial charge on any atom is -0.499 e. The van der Waals surface area contributed by atoms with Gasteiger partial charge in [0, 0.05) is 0 Å². The SMILES string of the molecule is C=COC(CCCCC)CCCCCCCCCCCCC. The van der Waals surface area contributed by atoms with Gasteiger partial charge in [0.15, 0.2) is 0 Å². The van der Waals surface area contributed by atoms with Crippen LogP contribution in [0, 0.1) is 0 Å². The van der Waals surface area contributed by atoms with Gasteiger partial charge in [0.1, 0.15) is 0 Å². The fraction of sp³-hybridized carbons (Fsp3) is 0.905. The molecule has 0 aromatic rings. The first-order valence-corrected chi connectivity index (χ1v) is 10.1. The summed E-state index contributed by atoms with van der Waals surface area (Å²) in [7, 11) is 0. The lowest BCUT2D eigenvalue weighted by Gasteiger charge is -2.16. The molecule has 0 bridgehead atoms. The van der Waals surface area contributed by atoms with Crippen LogP contribution in [0.3, 0.4) is 0 Å². The van der Waals surface area contributed by atoms with Crippen LogP contribution in [0.4, 0.5) is 0 Å². The van der Waals surface area contributed by atoms with Gasteiger partial charge in [0.25, 0.3) is 0 Å². The molecule has 0 aliphatic heterocycles. The summed E-state index contributed by atoms with van der Waals surface area (Å²) in [5, 5.41) is 0. The Kier molecular flexibility index (Phi) is 18.2. The Bertz CT molecular complexity index is 212. The van der Waals surface area contributed by atoms with Crippen LogP contribution < -0.4 is 0 Å². The molecule has 1 nitrogen and oxygen atoms in total. The van der Waals surface area contributed by atoms with E-state index in [2.05, 4.69) is 20.4 Å². The van der Waals surface area contributed by atoms with Crippen molar-refractivity contribution in [1.82, 2.24) is 0 Å². The lowest BCUT2D eigenvalue weighted by Crippen LogP contribution is -2.09. The Morgan fingerprint density at radius 2 is 1.00 bits per heavy atom. The van der Waals surface area contributed by atoms with Crippen LogP contribution in [0.2, 0.25) is 0 Å². The summed E-state index contributed by atoms with van der Waals surface area (Å²) in [6.07, 6.45) is 23.9. The summed E-state index contributed by atoms with van der Waals surface area (Å²) in [5.41, 5.74) is 0. The van der Waals surface area contributed by atoms with Gasteiger partial charge in [0.2, 0.25) is 0 Å². The highest BCUT2D eigenvalue weighted by atomic mass is 16.5. The zero-order valence-corrected chi connectivity index (χ0v) is 15.6. The molecular formula is C21H42O. The Balaban J connectivity index is 3.32. The van der Waals surface area contributed by atoms with Crippen LogP contribution in [-0.2, 0) is 4.74 Å². The quantitative estimate of drug-likeness (QED) is 0.185. The standard InChI is InChI=1S/C21H42O/c1-4-7-9-10-11-12-13-14-15-16-18-20-21(22-6-3)19-17-8-5-2/h6,21H,3-5,7-20H2,1-2H3. The summed E-state index contributed by atoms with van der Waals surface area (Å²) < 4.78 is 5.64. The molecule has 1 unspecified atom stereocenters. The van der Waals surface area contributed by atoms with Gasteiger partial charge in [0.05, 0.1) is 12.4 Å². The molecule has 0 aromatic carbocycles. The van der Waals surface area contributed by atoms with E-state index < -0.39 is 0 Å². The molecule has 0 heterocycles. The van der Waals surface area contributed by atoms with Crippen molar-refractivity contribution >= 4 is 0 Å². The van der Waals surface area contributed by atoms with Crippen LogP contribution >= 0.6 is 0 Å². The second-order valence-corrected chi connectivity index (χ2v) is 6.74. The van der Waals surface area contributed by atoms with Crippen molar-refractivity contribution in [2.45, 2.75) is 123 Å². The predicted octanol–water partition coefficient (Wildman–Crippen LogP) is 7.80. The van der Waals surface area contributed by atoms with E-state index >= 15 is 0 Å². The Morgan fingerprint density at radius 1 is 0.636 bits per heavy atom. The number of rotatable bonds is 18. The molecule has 0 saturated heterocycles. The number of hydrogen-bond acceptors (Lipinski definition) is 1. The molecule has 0 spiro atoms. The van der Waals surface area contributed by atoms with E-state index in [4.69, 9.17) is 4.74 Å². The van der Waals surface area contributed by atoms with Crippen molar-refractivity contribution in [2.24, 2.45) is 0 Å². The van der Waals surface area contributed by atoms with Gasteiger partial charge >= 0.3 is 0 Å². The van der Waals surface area contributed by atoms with Crippen LogP contribution in [0.25, 0.3) is 0 Å². The zero-order valence-electron chi connectivity index (χ0n) is 15.6. The molecule has 0 N–H and O–H groups in total. The summed E-state index contributed by atoms with van der Waals surface area (Å²) in [6.45, 7) is 8.25. The maximum atomic E-state index is 5.64. The summed E-state index contributed by atoms with van der Waals surface area (Å²) in [4.78, 5) is 0. The topological polar surface area (TPSA) is 9.23 Å². The van der Waals surface area contributed by atoms with Crippen molar-refractivity contribution in [1.29, 1.82) is 0 Å². The molecule has 0 radical (unpaired) electrons. The maximum Gasteiger partial charge on any atom is 0.0978 e. The fourth-order valence-corrected chi connectivity index (χ4v) is 3.07. The lowest BCUT2D eigenvalue weighted by atomic mass is 10.0. The molecule has 0 rings (SSSR count). The molecule has 0 aromatic heterocycles. The van der Waals surface area contributed by atoms with Crippen molar-refractivity contribution in [3.63, 3.8) is 0 Å². The summed E-state index contributed by atoms with van der Waals surface area (Å²) >= 11 is 0. The molecule has 1 atom stereocenters. The van der Waals surface area contributed by atoms with Crippen LogP contribution in [0.1, 0.15) is 117 Å². The molecule has 0 aliphatic rings. The van der Waals surface area contributed by atoms with E-state index in [0.29, 0.717) is 6.10 Å². The van der Waals surface area contributed by atoms with E-state index in [1.54, 1.807) is 6.26 Å². The van der Waals surface area contributed by atoms with Gasteiger partial charge < -0.3 is 4.74 Å². The van der Waals surface area contributed by atoms with Crippen LogP contribution in [0.5, 0.6) is 0 Å². The molecule has 22 heavy (non-hydrogen) atoms. The van der Waals surface area contributed by atoms with Crippen LogP contribution in [0.15, 0.2) is 12.8 Å². The zero-order chi connectivity index (χ0) is 16.3. The largest absolute Gasteiger partial charge is 0.499 e. The average Bonchev–Trinajstić information content (AvgIpc) is 2.52. The number of hydrogen-bond donors (Lipinski definition) is 0. The first-order valence-electron chi connectivity index (χ1n) is 10.1. The number of unbranched alkanes of at least 4 members (excludes halogenated alkanes) is 12. The predicted molar refractivity (Wildman–Crippen MR) is 100 cm³/mol. The number of ether oxygens (including phenoxy) is 1. The van der Waals surface area contributed by atoms with E-state index in [1.807, 2.05) is 0 Å². The Hall–Kier alpha value is -0.460. The van der Waals surface area contributed by atoms with Crippen molar-refractivity contribution in [2.75, 3.05) is 0 Å². The second-order valence-electron chi connectivity index (χ2n) is 6.74. The Morgan fingerprint density at radius 3 is 1.45 bits per heavy atom. The first kappa shape index (κ1) is 21.5. The minimum atomic E-state index is 0.419. The lowest BCUT2D eigenvalue weighted by molar-refractivity contribution is 0.121. The normalized spacial score (nSPS) is 12.3. The highest BCUT2D eigenvalue weighted by Crippen LogP contribution is 2.16. The minimum absolute atomic E-state index is 0.419. The molecule has 1 heteroatoms. The molecule has 0 aliphatic carbocycles. The van der Waals surface area contributed by atoms with E-state index in [9.17, 15) is 0 Å². The average molecular weight is 311 g/mol. The third kappa shape index (κ3) is 15.9. The third-order valence-electron chi connectivity index (χ3n) is 4.55. The van der Waals surface area contributed by atoms with Crippen LogP contribution in [-0.4, -0.2) is 6.10 Å². The van der Waals surface area contributed by atoms with Gasteiger partial charge in [-0.1, -0.05) is 97.5 Å². The van der Waals surface area contributed by atoms with E-state index in [0.717, 1.165) is 0 Å². The molecule has 0 amide bonds. The van der Waals surface area contributed by atoms with Crippen molar-refractivity contribution < 1.29 is 4.74 Å². The molecule has 0 saturated carbocycles. The van der Waals surface area contributed by atoms with Gasteiger partial charge in [-0.25, -0.2) is 0 Å². The smallest absolute Gasteiger partial charge is 0.0978 e. The van der Waals surface area contributed by atoms with Crippen molar-refractivity contribution in [3.8, 4) is 0 Å². The van der Waals surface area contributed by atoms with E-state index in [-0.39, 0.29) is 0 Å².